The summed E-state index contributed by atoms with van der Waals surface area (Å²) in [5, 5.41) is 11.3. The fourth-order valence-corrected chi connectivity index (χ4v) is 2.81. The second kappa shape index (κ2) is 4.95. The third-order valence-corrected chi connectivity index (χ3v) is 4.21. The Hall–Kier alpha value is -0.240. The molecule has 0 saturated heterocycles. The van der Waals surface area contributed by atoms with Crippen LogP contribution < -0.4 is 0 Å². The number of hydrogen-bond donors (Lipinski definition) is 1. The SMILES string of the molecule is CC1CCC(C(O)c2ccc(Cl)c(Cl)c2)C1. The maximum Gasteiger partial charge on any atom is 0.0818 e. The van der Waals surface area contributed by atoms with Crippen LogP contribution in [0.3, 0.4) is 0 Å². The van der Waals surface area contributed by atoms with Crippen LogP contribution in [0.15, 0.2) is 18.2 Å². The summed E-state index contributed by atoms with van der Waals surface area (Å²) in [5.41, 5.74) is 0.883. The molecule has 0 heterocycles. The van der Waals surface area contributed by atoms with Gasteiger partial charge < -0.3 is 5.11 Å². The van der Waals surface area contributed by atoms with Gasteiger partial charge in [0.15, 0.2) is 0 Å². The first-order valence-corrected chi connectivity index (χ1v) is 6.46. The molecule has 0 bridgehead atoms. The average Bonchev–Trinajstić information content (AvgIpc) is 2.68. The smallest absolute Gasteiger partial charge is 0.0818 e. The van der Waals surface area contributed by atoms with Crippen LogP contribution in [0.5, 0.6) is 0 Å². The van der Waals surface area contributed by atoms with E-state index in [0.29, 0.717) is 16.0 Å². The van der Waals surface area contributed by atoms with Gasteiger partial charge in [0.05, 0.1) is 16.1 Å². The molecule has 3 atom stereocenters. The summed E-state index contributed by atoms with van der Waals surface area (Å²) in [6.45, 7) is 2.24. The molecule has 1 aliphatic carbocycles. The number of aliphatic hydroxyl groups excluding tert-OH is 1. The van der Waals surface area contributed by atoms with E-state index in [0.717, 1.165) is 24.3 Å². The molecule has 1 saturated carbocycles. The standard InChI is InChI=1S/C13H16Cl2O/c1-8-2-3-9(6-8)13(16)10-4-5-11(14)12(15)7-10/h4-5,7-9,13,16H,2-3,6H2,1H3. The average molecular weight is 259 g/mol. The van der Waals surface area contributed by atoms with Crippen LogP contribution in [-0.2, 0) is 0 Å². The molecule has 1 N–H and O–H groups in total. The van der Waals surface area contributed by atoms with Gasteiger partial charge in [-0.25, -0.2) is 0 Å². The molecule has 3 heteroatoms. The lowest BCUT2D eigenvalue weighted by Gasteiger charge is -2.18. The highest BCUT2D eigenvalue weighted by molar-refractivity contribution is 6.42. The van der Waals surface area contributed by atoms with Crippen molar-refractivity contribution in [3.8, 4) is 0 Å². The zero-order chi connectivity index (χ0) is 11.7. The minimum Gasteiger partial charge on any atom is -0.388 e. The van der Waals surface area contributed by atoms with Gasteiger partial charge in [0.1, 0.15) is 0 Å². The maximum atomic E-state index is 10.3. The lowest BCUT2D eigenvalue weighted by atomic mass is 9.94. The third kappa shape index (κ3) is 2.53. The van der Waals surface area contributed by atoms with E-state index in [1.165, 1.54) is 6.42 Å². The number of hydrogen-bond acceptors (Lipinski definition) is 1. The van der Waals surface area contributed by atoms with Crippen LogP contribution >= 0.6 is 23.2 Å². The molecule has 3 unspecified atom stereocenters. The Kier molecular flexibility index (Phi) is 3.78. The van der Waals surface area contributed by atoms with E-state index in [9.17, 15) is 5.11 Å². The summed E-state index contributed by atoms with van der Waals surface area (Å²) in [7, 11) is 0. The highest BCUT2D eigenvalue weighted by atomic mass is 35.5. The van der Waals surface area contributed by atoms with E-state index in [2.05, 4.69) is 6.92 Å². The molecule has 88 valence electrons. The van der Waals surface area contributed by atoms with Crippen LogP contribution in [-0.4, -0.2) is 5.11 Å². The minimum absolute atomic E-state index is 0.368. The summed E-state index contributed by atoms with van der Waals surface area (Å²) < 4.78 is 0. The quantitative estimate of drug-likeness (QED) is 0.831. The Morgan fingerprint density at radius 1 is 1.25 bits per heavy atom. The molecule has 1 aromatic rings. The lowest BCUT2D eigenvalue weighted by molar-refractivity contribution is 0.109. The Morgan fingerprint density at radius 2 is 2.00 bits per heavy atom. The van der Waals surface area contributed by atoms with Crippen molar-refractivity contribution < 1.29 is 5.11 Å². The van der Waals surface area contributed by atoms with E-state index >= 15 is 0 Å². The molecule has 0 amide bonds. The Bertz CT molecular complexity index is 378. The van der Waals surface area contributed by atoms with Gasteiger partial charge in [0.2, 0.25) is 0 Å². The molecular weight excluding hydrogens is 243 g/mol. The molecule has 1 nitrogen and oxygen atoms in total. The first kappa shape index (κ1) is 12.2. The number of halogens is 2. The van der Waals surface area contributed by atoms with Crippen molar-refractivity contribution in [3.63, 3.8) is 0 Å². The predicted molar refractivity (Wildman–Crippen MR) is 67.9 cm³/mol. The van der Waals surface area contributed by atoms with Crippen molar-refractivity contribution >= 4 is 23.2 Å². The van der Waals surface area contributed by atoms with E-state index < -0.39 is 6.10 Å². The molecule has 1 fully saturated rings. The molecule has 0 aromatic heterocycles. The summed E-state index contributed by atoms with van der Waals surface area (Å²) in [5.74, 6) is 1.09. The van der Waals surface area contributed by atoms with Crippen molar-refractivity contribution in [2.45, 2.75) is 32.3 Å². The van der Waals surface area contributed by atoms with Gasteiger partial charge in [-0.05, 0) is 42.4 Å². The van der Waals surface area contributed by atoms with E-state index in [4.69, 9.17) is 23.2 Å². The fraction of sp³-hybridized carbons (Fsp3) is 0.538. The maximum absolute atomic E-state index is 10.3. The third-order valence-electron chi connectivity index (χ3n) is 3.47. The van der Waals surface area contributed by atoms with Crippen molar-refractivity contribution in [3.05, 3.63) is 33.8 Å². The molecule has 0 aliphatic heterocycles. The van der Waals surface area contributed by atoms with E-state index in [-0.39, 0.29) is 0 Å². The van der Waals surface area contributed by atoms with Gasteiger partial charge in [0, 0.05) is 0 Å². The molecule has 2 rings (SSSR count). The normalized spacial score (nSPS) is 27.0. The minimum atomic E-state index is -0.403. The number of benzene rings is 1. The van der Waals surface area contributed by atoms with Crippen molar-refractivity contribution in [1.29, 1.82) is 0 Å². The highest BCUT2D eigenvalue weighted by Gasteiger charge is 2.28. The van der Waals surface area contributed by atoms with Gasteiger partial charge in [-0.2, -0.15) is 0 Å². The van der Waals surface area contributed by atoms with Crippen LogP contribution in [0.1, 0.15) is 37.9 Å². The van der Waals surface area contributed by atoms with Crippen LogP contribution in [0.25, 0.3) is 0 Å². The number of aliphatic hydroxyl groups is 1. The fourth-order valence-electron chi connectivity index (χ4n) is 2.51. The molecule has 0 radical (unpaired) electrons. The summed E-state index contributed by atoms with van der Waals surface area (Å²) in [6.07, 6.45) is 3.01. The van der Waals surface area contributed by atoms with Gasteiger partial charge in [-0.15, -0.1) is 0 Å². The molecular formula is C13H16Cl2O. The van der Waals surface area contributed by atoms with Crippen molar-refractivity contribution in [1.82, 2.24) is 0 Å². The molecule has 0 spiro atoms. The Balaban J connectivity index is 2.14. The first-order chi connectivity index (χ1) is 7.58. The predicted octanol–water partition coefficient (Wildman–Crippen LogP) is 4.46. The molecule has 1 aliphatic rings. The monoisotopic (exact) mass is 258 g/mol. The van der Waals surface area contributed by atoms with Crippen molar-refractivity contribution in [2.75, 3.05) is 0 Å². The summed E-state index contributed by atoms with van der Waals surface area (Å²) >= 11 is 11.8. The van der Waals surface area contributed by atoms with Crippen LogP contribution in [0.2, 0.25) is 10.0 Å². The lowest BCUT2D eigenvalue weighted by Crippen LogP contribution is -2.09. The largest absolute Gasteiger partial charge is 0.388 e. The summed E-state index contributed by atoms with van der Waals surface area (Å²) in [4.78, 5) is 0. The van der Waals surface area contributed by atoms with Crippen LogP contribution in [0, 0.1) is 11.8 Å². The van der Waals surface area contributed by atoms with Gasteiger partial charge in [-0.3, -0.25) is 0 Å². The second-order valence-electron chi connectivity index (χ2n) is 4.80. The van der Waals surface area contributed by atoms with Gasteiger partial charge in [-0.1, -0.05) is 42.6 Å². The topological polar surface area (TPSA) is 20.2 Å². The zero-order valence-electron chi connectivity index (χ0n) is 9.29. The van der Waals surface area contributed by atoms with Gasteiger partial charge in [0.25, 0.3) is 0 Å². The number of rotatable bonds is 2. The van der Waals surface area contributed by atoms with Gasteiger partial charge >= 0.3 is 0 Å². The summed E-state index contributed by atoms with van der Waals surface area (Å²) in [6, 6.07) is 5.39. The highest BCUT2D eigenvalue weighted by Crippen LogP contribution is 2.39. The first-order valence-electron chi connectivity index (χ1n) is 5.71. The Morgan fingerprint density at radius 3 is 2.56 bits per heavy atom. The van der Waals surface area contributed by atoms with Crippen molar-refractivity contribution in [2.24, 2.45) is 11.8 Å². The van der Waals surface area contributed by atoms with E-state index in [1.807, 2.05) is 6.07 Å². The molecule has 1 aromatic carbocycles. The van der Waals surface area contributed by atoms with E-state index in [1.54, 1.807) is 12.1 Å². The zero-order valence-corrected chi connectivity index (χ0v) is 10.8. The Labute approximate surface area is 106 Å². The van der Waals surface area contributed by atoms with Crippen LogP contribution in [0.4, 0.5) is 0 Å². The second-order valence-corrected chi connectivity index (χ2v) is 5.61. The molecule has 16 heavy (non-hydrogen) atoms.